The number of carbonyl (C=O) groups excluding carboxylic acids is 1. The predicted octanol–water partition coefficient (Wildman–Crippen LogP) is 1.62. The Morgan fingerprint density at radius 2 is 2.25 bits per heavy atom. The number of methoxy groups -OCH3 is 1. The summed E-state index contributed by atoms with van der Waals surface area (Å²) in [4.78, 5) is 11.7. The van der Waals surface area contributed by atoms with Crippen LogP contribution in [0.5, 0.6) is 11.5 Å². The number of hydrogen-bond acceptors (Lipinski definition) is 4. The van der Waals surface area contributed by atoms with E-state index in [0.717, 1.165) is 12.1 Å². The van der Waals surface area contributed by atoms with Crippen molar-refractivity contribution in [2.24, 2.45) is 11.7 Å². The van der Waals surface area contributed by atoms with E-state index in [0.29, 0.717) is 17.4 Å². The molecule has 3 N–H and O–H groups in total. The molecule has 1 aromatic carbocycles. The second kappa shape index (κ2) is 6.61. The third-order valence-corrected chi connectivity index (χ3v) is 3.35. The van der Waals surface area contributed by atoms with E-state index in [-0.39, 0.29) is 18.6 Å². The van der Waals surface area contributed by atoms with Gasteiger partial charge in [0.2, 0.25) is 0 Å². The number of benzene rings is 1. The van der Waals surface area contributed by atoms with E-state index in [2.05, 4.69) is 5.32 Å². The van der Waals surface area contributed by atoms with Gasteiger partial charge in [0, 0.05) is 24.2 Å². The molecule has 0 aromatic heterocycles. The van der Waals surface area contributed by atoms with Crippen molar-refractivity contribution in [2.75, 3.05) is 20.3 Å². The highest BCUT2D eigenvalue weighted by Crippen LogP contribution is 2.29. The standard InChI is InChI=1S/C15H22N2O3/c1-10(16)13-6-5-12(19-2)7-14(13)20-9-15(18)17-8-11-3-4-11/h5-7,10-11H,3-4,8-9,16H2,1-2H3,(H,17,18)/t10-/m0/s1. The Labute approximate surface area is 119 Å². The van der Waals surface area contributed by atoms with Gasteiger partial charge in [-0.2, -0.15) is 0 Å². The minimum atomic E-state index is -0.162. The van der Waals surface area contributed by atoms with Crippen LogP contribution in [0.1, 0.15) is 31.4 Å². The minimum absolute atomic E-state index is 0.000389. The van der Waals surface area contributed by atoms with Crippen LogP contribution in [0.25, 0.3) is 0 Å². The van der Waals surface area contributed by atoms with Crippen molar-refractivity contribution in [3.63, 3.8) is 0 Å². The molecule has 20 heavy (non-hydrogen) atoms. The number of ether oxygens (including phenoxy) is 2. The molecule has 0 spiro atoms. The fourth-order valence-corrected chi connectivity index (χ4v) is 1.92. The largest absolute Gasteiger partial charge is 0.497 e. The van der Waals surface area contributed by atoms with Gasteiger partial charge in [-0.15, -0.1) is 0 Å². The van der Waals surface area contributed by atoms with Gasteiger partial charge in [0.25, 0.3) is 5.91 Å². The highest BCUT2D eigenvalue weighted by atomic mass is 16.5. The summed E-state index contributed by atoms with van der Waals surface area (Å²) in [5, 5.41) is 2.87. The molecule has 0 aliphatic heterocycles. The lowest BCUT2D eigenvalue weighted by atomic mass is 10.1. The molecule has 5 nitrogen and oxygen atoms in total. The van der Waals surface area contributed by atoms with Gasteiger partial charge < -0.3 is 20.5 Å². The molecule has 0 unspecified atom stereocenters. The summed E-state index contributed by atoms with van der Waals surface area (Å²) in [7, 11) is 1.59. The lowest BCUT2D eigenvalue weighted by molar-refractivity contribution is -0.123. The van der Waals surface area contributed by atoms with Crippen molar-refractivity contribution >= 4 is 5.91 Å². The fourth-order valence-electron chi connectivity index (χ4n) is 1.92. The molecule has 0 bridgehead atoms. The molecule has 1 aliphatic rings. The van der Waals surface area contributed by atoms with Crippen LogP contribution < -0.4 is 20.5 Å². The van der Waals surface area contributed by atoms with Gasteiger partial charge in [0.15, 0.2) is 6.61 Å². The van der Waals surface area contributed by atoms with Crippen LogP contribution in [0.2, 0.25) is 0 Å². The maximum Gasteiger partial charge on any atom is 0.257 e. The smallest absolute Gasteiger partial charge is 0.257 e. The van der Waals surface area contributed by atoms with Crippen molar-refractivity contribution in [1.82, 2.24) is 5.32 Å². The Kier molecular flexibility index (Phi) is 4.84. The molecule has 5 heteroatoms. The number of nitrogens with one attached hydrogen (secondary N) is 1. The molecular weight excluding hydrogens is 256 g/mol. The first-order valence-electron chi connectivity index (χ1n) is 6.93. The van der Waals surface area contributed by atoms with Gasteiger partial charge in [0.05, 0.1) is 7.11 Å². The normalized spacial score (nSPS) is 15.6. The van der Waals surface area contributed by atoms with Crippen molar-refractivity contribution in [3.8, 4) is 11.5 Å². The fraction of sp³-hybridized carbons (Fsp3) is 0.533. The molecule has 1 aliphatic carbocycles. The van der Waals surface area contributed by atoms with Gasteiger partial charge in [-0.3, -0.25) is 4.79 Å². The molecule has 2 rings (SSSR count). The summed E-state index contributed by atoms with van der Waals surface area (Å²) in [6.07, 6.45) is 2.43. The first kappa shape index (κ1) is 14.7. The number of carbonyl (C=O) groups is 1. The van der Waals surface area contributed by atoms with E-state index in [1.807, 2.05) is 19.1 Å². The molecule has 0 heterocycles. The highest BCUT2D eigenvalue weighted by Gasteiger charge is 2.21. The summed E-state index contributed by atoms with van der Waals surface area (Å²) >= 11 is 0. The maximum atomic E-state index is 11.7. The van der Waals surface area contributed by atoms with E-state index < -0.39 is 0 Å². The number of amides is 1. The zero-order valence-corrected chi connectivity index (χ0v) is 12.0. The quantitative estimate of drug-likeness (QED) is 0.795. The Bertz CT molecular complexity index is 470. The third kappa shape index (κ3) is 4.13. The summed E-state index contributed by atoms with van der Waals surface area (Å²) < 4.78 is 10.7. The van der Waals surface area contributed by atoms with Gasteiger partial charge in [-0.1, -0.05) is 6.07 Å². The van der Waals surface area contributed by atoms with Crippen LogP contribution in [0.3, 0.4) is 0 Å². The lowest BCUT2D eigenvalue weighted by Crippen LogP contribution is -2.30. The highest BCUT2D eigenvalue weighted by molar-refractivity contribution is 5.77. The third-order valence-electron chi connectivity index (χ3n) is 3.35. The van der Waals surface area contributed by atoms with Crippen molar-refractivity contribution in [2.45, 2.75) is 25.8 Å². The van der Waals surface area contributed by atoms with Gasteiger partial charge in [0.1, 0.15) is 11.5 Å². The summed E-state index contributed by atoms with van der Waals surface area (Å²) in [6, 6.07) is 5.29. The molecule has 1 fully saturated rings. The number of rotatable bonds is 7. The van der Waals surface area contributed by atoms with Crippen LogP contribution >= 0.6 is 0 Å². The maximum absolute atomic E-state index is 11.7. The van der Waals surface area contributed by atoms with Crippen LogP contribution in [0, 0.1) is 5.92 Å². The molecular formula is C15H22N2O3. The van der Waals surface area contributed by atoms with E-state index in [9.17, 15) is 4.79 Å². The Morgan fingerprint density at radius 1 is 1.50 bits per heavy atom. The van der Waals surface area contributed by atoms with Crippen molar-refractivity contribution in [3.05, 3.63) is 23.8 Å². The predicted molar refractivity (Wildman–Crippen MR) is 76.8 cm³/mol. The molecule has 1 saturated carbocycles. The van der Waals surface area contributed by atoms with E-state index in [4.69, 9.17) is 15.2 Å². The molecule has 1 aromatic rings. The Balaban J connectivity index is 1.93. The molecule has 1 amide bonds. The van der Waals surface area contributed by atoms with Crippen LogP contribution in [0.15, 0.2) is 18.2 Å². The molecule has 110 valence electrons. The average Bonchev–Trinajstić information content (AvgIpc) is 3.26. The first-order chi connectivity index (χ1) is 9.60. The second-order valence-corrected chi connectivity index (χ2v) is 5.23. The lowest BCUT2D eigenvalue weighted by Gasteiger charge is -2.15. The summed E-state index contributed by atoms with van der Waals surface area (Å²) in [6.45, 7) is 2.63. The van der Waals surface area contributed by atoms with Crippen molar-refractivity contribution < 1.29 is 14.3 Å². The summed E-state index contributed by atoms with van der Waals surface area (Å²) in [5.41, 5.74) is 6.76. The molecule has 0 saturated heterocycles. The van der Waals surface area contributed by atoms with Gasteiger partial charge >= 0.3 is 0 Å². The topological polar surface area (TPSA) is 73.6 Å². The number of hydrogen-bond donors (Lipinski definition) is 2. The van der Waals surface area contributed by atoms with E-state index in [1.54, 1.807) is 13.2 Å². The zero-order valence-electron chi connectivity index (χ0n) is 12.0. The Hall–Kier alpha value is -1.75. The summed E-state index contributed by atoms with van der Waals surface area (Å²) in [5.74, 6) is 1.84. The monoisotopic (exact) mass is 278 g/mol. The minimum Gasteiger partial charge on any atom is -0.497 e. The van der Waals surface area contributed by atoms with Crippen LogP contribution in [0.4, 0.5) is 0 Å². The van der Waals surface area contributed by atoms with Gasteiger partial charge in [-0.05, 0) is 31.7 Å². The van der Waals surface area contributed by atoms with Crippen molar-refractivity contribution in [1.29, 1.82) is 0 Å². The Morgan fingerprint density at radius 3 is 2.85 bits per heavy atom. The molecule has 0 radical (unpaired) electrons. The van der Waals surface area contributed by atoms with E-state index in [1.165, 1.54) is 12.8 Å². The first-order valence-corrected chi connectivity index (χ1v) is 6.93. The van der Waals surface area contributed by atoms with E-state index >= 15 is 0 Å². The zero-order chi connectivity index (χ0) is 14.5. The molecule has 1 atom stereocenters. The number of nitrogens with two attached hydrogens (primary N) is 1. The second-order valence-electron chi connectivity index (χ2n) is 5.23. The SMILES string of the molecule is COc1ccc([C@H](C)N)c(OCC(=O)NCC2CC2)c1. The van der Waals surface area contributed by atoms with Crippen LogP contribution in [-0.2, 0) is 4.79 Å². The van der Waals surface area contributed by atoms with Gasteiger partial charge in [-0.25, -0.2) is 0 Å². The van der Waals surface area contributed by atoms with Crippen LogP contribution in [-0.4, -0.2) is 26.2 Å². The average molecular weight is 278 g/mol.